The van der Waals surface area contributed by atoms with Crippen LogP contribution in [0.15, 0.2) is 30.3 Å². The van der Waals surface area contributed by atoms with Gasteiger partial charge in [0.2, 0.25) is 5.91 Å². The summed E-state index contributed by atoms with van der Waals surface area (Å²) in [7, 11) is 2.07. The molecule has 1 unspecified atom stereocenters. The van der Waals surface area contributed by atoms with E-state index in [0.717, 1.165) is 18.2 Å². The number of rotatable bonds is 4. The number of amides is 1. The largest absolute Gasteiger partial charge is 0.355 e. The van der Waals surface area contributed by atoms with Gasteiger partial charge in [-0.1, -0.05) is 36.8 Å². The third kappa shape index (κ3) is 3.31. The van der Waals surface area contributed by atoms with E-state index in [1.165, 1.54) is 24.8 Å². The van der Waals surface area contributed by atoms with Crippen molar-refractivity contribution in [1.82, 2.24) is 25.0 Å². The van der Waals surface area contributed by atoms with E-state index in [2.05, 4.69) is 44.2 Å². The van der Waals surface area contributed by atoms with Crippen LogP contribution in [0.2, 0.25) is 0 Å². The summed E-state index contributed by atoms with van der Waals surface area (Å²) in [6, 6.07) is 10.4. The first-order valence-corrected chi connectivity index (χ1v) is 9.16. The third-order valence-electron chi connectivity index (χ3n) is 5.54. The lowest BCUT2D eigenvalue weighted by Gasteiger charge is -2.29. The van der Waals surface area contributed by atoms with Crippen molar-refractivity contribution in [2.75, 3.05) is 13.1 Å². The molecule has 2 aliphatic rings. The summed E-state index contributed by atoms with van der Waals surface area (Å²) < 4.78 is 2.16. The van der Waals surface area contributed by atoms with Gasteiger partial charge in [-0.15, -0.1) is 10.2 Å². The molecule has 0 radical (unpaired) electrons. The molecule has 6 nitrogen and oxygen atoms in total. The van der Waals surface area contributed by atoms with E-state index in [1.807, 2.05) is 18.2 Å². The Morgan fingerprint density at radius 1 is 1.20 bits per heavy atom. The second-order valence-corrected chi connectivity index (χ2v) is 7.11. The van der Waals surface area contributed by atoms with Crippen molar-refractivity contribution in [3.05, 3.63) is 47.5 Å². The molecule has 6 heteroatoms. The van der Waals surface area contributed by atoms with Crippen molar-refractivity contribution in [2.24, 2.45) is 7.05 Å². The minimum absolute atomic E-state index is 0.0764. The van der Waals surface area contributed by atoms with Crippen LogP contribution in [-0.4, -0.2) is 38.7 Å². The van der Waals surface area contributed by atoms with Crippen LogP contribution < -0.4 is 5.32 Å². The normalized spacial score (nSPS) is 22.3. The summed E-state index contributed by atoms with van der Waals surface area (Å²) in [6.45, 7) is 2.21. The predicted molar refractivity (Wildman–Crippen MR) is 94.8 cm³/mol. The molecular weight excluding hydrogens is 314 g/mol. The Hall–Kier alpha value is -2.21. The van der Waals surface area contributed by atoms with E-state index in [4.69, 9.17) is 0 Å². The minimum atomic E-state index is 0.0764. The van der Waals surface area contributed by atoms with E-state index in [1.54, 1.807) is 0 Å². The molecule has 4 rings (SSSR count). The van der Waals surface area contributed by atoms with Crippen molar-refractivity contribution in [3.8, 4) is 0 Å². The maximum absolute atomic E-state index is 12.1. The van der Waals surface area contributed by atoms with Crippen molar-refractivity contribution in [1.29, 1.82) is 0 Å². The summed E-state index contributed by atoms with van der Waals surface area (Å²) in [4.78, 5) is 14.4. The van der Waals surface area contributed by atoms with Crippen LogP contribution >= 0.6 is 0 Å². The quantitative estimate of drug-likeness (QED) is 0.927. The highest BCUT2D eigenvalue weighted by Crippen LogP contribution is 2.35. The van der Waals surface area contributed by atoms with Gasteiger partial charge >= 0.3 is 0 Å². The molecule has 1 atom stereocenters. The van der Waals surface area contributed by atoms with Gasteiger partial charge in [-0.2, -0.15) is 0 Å². The van der Waals surface area contributed by atoms with Crippen LogP contribution in [-0.2, 0) is 18.4 Å². The molecule has 1 saturated carbocycles. The fourth-order valence-corrected chi connectivity index (χ4v) is 3.78. The van der Waals surface area contributed by atoms with Gasteiger partial charge in [0.1, 0.15) is 11.6 Å². The Balaban J connectivity index is 1.58. The van der Waals surface area contributed by atoms with Crippen LogP contribution in [0.25, 0.3) is 0 Å². The zero-order valence-corrected chi connectivity index (χ0v) is 14.7. The molecular formula is C19H25N5O. The summed E-state index contributed by atoms with van der Waals surface area (Å²) in [5.41, 5.74) is 1.18. The third-order valence-corrected chi connectivity index (χ3v) is 5.54. The Morgan fingerprint density at radius 2 is 2.00 bits per heavy atom. The Labute approximate surface area is 148 Å². The minimum Gasteiger partial charge on any atom is -0.355 e. The molecule has 0 bridgehead atoms. The smallest absolute Gasteiger partial charge is 0.221 e. The van der Waals surface area contributed by atoms with Crippen LogP contribution in [0.4, 0.5) is 0 Å². The number of carbonyl (C=O) groups excluding carboxylic acids is 1. The summed E-state index contributed by atoms with van der Waals surface area (Å²) in [5, 5.41) is 11.9. The molecule has 25 heavy (non-hydrogen) atoms. The highest BCUT2D eigenvalue weighted by molar-refractivity contribution is 5.77. The molecule has 1 aliphatic heterocycles. The predicted octanol–water partition coefficient (Wildman–Crippen LogP) is 2.15. The van der Waals surface area contributed by atoms with Crippen LogP contribution in [0.5, 0.6) is 0 Å². The lowest BCUT2D eigenvalue weighted by atomic mass is 9.85. The Kier molecular flexibility index (Phi) is 4.53. The second kappa shape index (κ2) is 6.96. The van der Waals surface area contributed by atoms with Crippen molar-refractivity contribution < 1.29 is 4.79 Å². The SMILES string of the molecule is Cn1c(CN2CCNC(=O)CC2c2ccccc2)nnc1C1CCC1. The Bertz CT molecular complexity index is 738. The van der Waals surface area contributed by atoms with Gasteiger partial charge in [-0.25, -0.2) is 0 Å². The number of nitrogens with zero attached hydrogens (tertiary/aromatic N) is 4. The van der Waals surface area contributed by atoms with Gasteiger partial charge in [-0.3, -0.25) is 9.69 Å². The number of carbonyl (C=O) groups is 1. The van der Waals surface area contributed by atoms with E-state index in [9.17, 15) is 4.79 Å². The van der Waals surface area contributed by atoms with E-state index < -0.39 is 0 Å². The monoisotopic (exact) mass is 339 g/mol. The molecule has 1 N–H and O–H groups in total. The lowest BCUT2D eigenvalue weighted by molar-refractivity contribution is -0.121. The number of aromatic nitrogens is 3. The summed E-state index contributed by atoms with van der Waals surface area (Å²) in [6.07, 6.45) is 4.22. The average molecular weight is 339 g/mol. The van der Waals surface area contributed by atoms with Gasteiger partial charge in [-0.05, 0) is 18.4 Å². The molecule has 1 amide bonds. The number of benzene rings is 1. The van der Waals surface area contributed by atoms with E-state index in [0.29, 0.717) is 25.4 Å². The number of nitrogens with one attached hydrogen (secondary N) is 1. The first kappa shape index (κ1) is 16.3. The fourth-order valence-electron chi connectivity index (χ4n) is 3.78. The maximum Gasteiger partial charge on any atom is 0.221 e. The number of hydrogen-bond acceptors (Lipinski definition) is 4. The van der Waals surface area contributed by atoms with Gasteiger partial charge < -0.3 is 9.88 Å². The molecule has 1 saturated heterocycles. The topological polar surface area (TPSA) is 63.0 Å². The maximum atomic E-state index is 12.1. The highest BCUT2D eigenvalue weighted by Gasteiger charge is 2.29. The molecule has 1 aromatic heterocycles. The standard InChI is InChI=1S/C19H25N5O/c1-23-17(21-22-19(23)15-8-5-9-15)13-24-11-10-20-18(25)12-16(24)14-6-3-2-4-7-14/h2-4,6-7,15-16H,5,8-13H2,1H3,(H,20,25). The molecule has 1 aliphatic carbocycles. The van der Waals surface area contributed by atoms with Crippen molar-refractivity contribution in [3.63, 3.8) is 0 Å². The molecule has 2 heterocycles. The first-order chi connectivity index (χ1) is 12.2. The average Bonchev–Trinajstić information content (AvgIpc) is 2.81. The van der Waals surface area contributed by atoms with Gasteiger partial charge in [0.25, 0.3) is 0 Å². The number of hydrogen-bond donors (Lipinski definition) is 1. The summed E-state index contributed by atoms with van der Waals surface area (Å²) >= 11 is 0. The first-order valence-electron chi connectivity index (χ1n) is 9.16. The second-order valence-electron chi connectivity index (χ2n) is 7.11. The van der Waals surface area contributed by atoms with Crippen LogP contribution in [0.3, 0.4) is 0 Å². The van der Waals surface area contributed by atoms with Crippen molar-refractivity contribution in [2.45, 2.75) is 44.2 Å². The highest BCUT2D eigenvalue weighted by atomic mass is 16.1. The van der Waals surface area contributed by atoms with E-state index in [-0.39, 0.29) is 11.9 Å². The molecule has 2 aromatic rings. The lowest BCUT2D eigenvalue weighted by Crippen LogP contribution is -2.31. The molecule has 1 aromatic carbocycles. The zero-order valence-electron chi connectivity index (χ0n) is 14.7. The zero-order chi connectivity index (χ0) is 17.2. The molecule has 132 valence electrons. The van der Waals surface area contributed by atoms with E-state index >= 15 is 0 Å². The van der Waals surface area contributed by atoms with Gasteiger partial charge in [0.15, 0.2) is 0 Å². The van der Waals surface area contributed by atoms with Crippen LogP contribution in [0.1, 0.15) is 54.9 Å². The fraction of sp³-hybridized carbons (Fsp3) is 0.526. The van der Waals surface area contributed by atoms with Gasteiger partial charge in [0.05, 0.1) is 6.54 Å². The molecule has 0 spiro atoms. The Morgan fingerprint density at radius 3 is 2.72 bits per heavy atom. The summed E-state index contributed by atoms with van der Waals surface area (Å²) in [5.74, 6) is 2.78. The van der Waals surface area contributed by atoms with Crippen molar-refractivity contribution >= 4 is 5.91 Å². The van der Waals surface area contributed by atoms with Gasteiger partial charge in [0, 0.05) is 38.5 Å². The van der Waals surface area contributed by atoms with Crippen LogP contribution in [0, 0.1) is 0 Å². The molecule has 2 fully saturated rings.